The van der Waals surface area contributed by atoms with Crippen molar-refractivity contribution in [2.45, 2.75) is 12.7 Å². The van der Waals surface area contributed by atoms with Gasteiger partial charge in [-0.25, -0.2) is 0 Å². The molecule has 2 fully saturated rings. The molecule has 0 saturated carbocycles. The molecular formula is C17H22ClF2N3O4. The molecule has 0 spiro atoms. The van der Waals surface area contributed by atoms with E-state index < -0.39 is 6.61 Å². The van der Waals surface area contributed by atoms with Crippen LogP contribution in [0.3, 0.4) is 0 Å². The number of morpholine rings is 1. The van der Waals surface area contributed by atoms with Gasteiger partial charge in [0, 0.05) is 32.7 Å². The number of para-hydroxylation sites is 1. The van der Waals surface area contributed by atoms with E-state index in [1.807, 2.05) is 0 Å². The molecular weight excluding hydrogens is 384 g/mol. The van der Waals surface area contributed by atoms with Crippen LogP contribution >= 0.6 is 12.4 Å². The Morgan fingerprint density at radius 3 is 2.44 bits per heavy atom. The molecule has 2 aliphatic rings. The van der Waals surface area contributed by atoms with Crippen molar-refractivity contribution >= 4 is 24.2 Å². The quantitative estimate of drug-likeness (QED) is 0.808. The van der Waals surface area contributed by atoms with Crippen molar-refractivity contribution in [2.75, 3.05) is 45.9 Å². The van der Waals surface area contributed by atoms with Gasteiger partial charge in [0.15, 0.2) is 0 Å². The first-order valence-electron chi connectivity index (χ1n) is 8.49. The average molecular weight is 406 g/mol. The van der Waals surface area contributed by atoms with E-state index in [0.717, 1.165) is 0 Å². The predicted octanol–water partition coefficient (Wildman–Crippen LogP) is 0.983. The van der Waals surface area contributed by atoms with Gasteiger partial charge in [0.2, 0.25) is 5.91 Å². The second kappa shape index (κ2) is 9.82. The summed E-state index contributed by atoms with van der Waals surface area (Å²) in [6.45, 7) is 0.0191. The molecule has 1 aromatic carbocycles. The average Bonchev–Trinajstić information content (AvgIpc) is 2.68. The normalized spacial score (nSPS) is 20.2. The summed E-state index contributed by atoms with van der Waals surface area (Å²) >= 11 is 0. The minimum absolute atomic E-state index is 0. The van der Waals surface area contributed by atoms with Crippen LogP contribution < -0.4 is 10.1 Å². The lowest BCUT2D eigenvalue weighted by Crippen LogP contribution is -2.57. The topological polar surface area (TPSA) is 71.1 Å². The lowest BCUT2D eigenvalue weighted by molar-refractivity contribution is -0.137. The van der Waals surface area contributed by atoms with Crippen molar-refractivity contribution in [3.8, 4) is 5.75 Å². The number of nitrogens with zero attached hydrogens (tertiary/aromatic N) is 2. The number of hydrogen-bond donors (Lipinski definition) is 1. The fourth-order valence-electron chi connectivity index (χ4n) is 3.09. The Labute approximate surface area is 162 Å². The lowest BCUT2D eigenvalue weighted by atomic mass is 10.1. The zero-order chi connectivity index (χ0) is 18.5. The van der Waals surface area contributed by atoms with Gasteiger partial charge in [-0.05, 0) is 12.1 Å². The van der Waals surface area contributed by atoms with E-state index in [0.29, 0.717) is 45.9 Å². The van der Waals surface area contributed by atoms with Crippen LogP contribution in [0.4, 0.5) is 8.78 Å². The molecule has 2 aliphatic heterocycles. The summed E-state index contributed by atoms with van der Waals surface area (Å²) in [4.78, 5) is 28.3. The van der Waals surface area contributed by atoms with Gasteiger partial charge >= 0.3 is 6.61 Å². The van der Waals surface area contributed by atoms with Crippen LogP contribution in [0.2, 0.25) is 0 Å². The van der Waals surface area contributed by atoms with Gasteiger partial charge in [-0.15, -0.1) is 12.4 Å². The van der Waals surface area contributed by atoms with E-state index in [2.05, 4.69) is 10.1 Å². The third-order valence-corrected chi connectivity index (χ3v) is 4.43. The van der Waals surface area contributed by atoms with E-state index in [4.69, 9.17) is 4.74 Å². The van der Waals surface area contributed by atoms with Gasteiger partial charge in [0.1, 0.15) is 11.8 Å². The van der Waals surface area contributed by atoms with Gasteiger partial charge in [-0.2, -0.15) is 8.78 Å². The second-order valence-electron chi connectivity index (χ2n) is 6.07. The van der Waals surface area contributed by atoms with Crippen molar-refractivity contribution in [3.63, 3.8) is 0 Å². The molecule has 2 amide bonds. The highest BCUT2D eigenvalue weighted by Crippen LogP contribution is 2.22. The van der Waals surface area contributed by atoms with Crippen LogP contribution in [0.1, 0.15) is 10.4 Å². The van der Waals surface area contributed by atoms with Crippen molar-refractivity contribution in [1.82, 2.24) is 15.1 Å². The zero-order valence-electron chi connectivity index (χ0n) is 14.6. The monoisotopic (exact) mass is 405 g/mol. The number of carbonyl (C=O) groups excluding carboxylic acids is 2. The molecule has 0 radical (unpaired) electrons. The maximum atomic E-state index is 12.6. The lowest BCUT2D eigenvalue weighted by Gasteiger charge is -2.37. The van der Waals surface area contributed by atoms with Crippen LogP contribution in [0.5, 0.6) is 5.75 Å². The Morgan fingerprint density at radius 2 is 1.81 bits per heavy atom. The molecule has 0 bridgehead atoms. The smallest absolute Gasteiger partial charge is 0.387 e. The van der Waals surface area contributed by atoms with Crippen LogP contribution in [0, 0.1) is 0 Å². The number of rotatable bonds is 4. The van der Waals surface area contributed by atoms with E-state index in [9.17, 15) is 18.4 Å². The van der Waals surface area contributed by atoms with Gasteiger partial charge in [0.05, 0.1) is 18.8 Å². The number of nitrogens with one attached hydrogen (secondary N) is 1. The largest absolute Gasteiger partial charge is 0.434 e. The maximum Gasteiger partial charge on any atom is 0.387 e. The number of halogens is 3. The summed E-state index contributed by atoms with van der Waals surface area (Å²) in [5.74, 6) is -0.569. The van der Waals surface area contributed by atoms with Crippen LogP contribution in [0.15, 0.2) is 24.3 Å². The molecule has 2 saturated heterocycles. The number of carbonyl (C=O) groups is 2. The molecule has 1 unspecified atom stereocenters. The number of ether oxygens (including phenoxy) is 2. The minimum Gasteiger partial charge on any atom is -0.434 e. The van der Waals surface area contributed by atoms with Gasteiger partial charge in [0.25, 0.3) is 5.91 Å². The Kier molecular flexibility index (Phi) is 7.76. The summed E-state index contributed by atoms with van der Waals surface area (Å²) in [7, 11) is 0. The number of benzene rings is 1. The number of hydrogen-bond acceptors (Lipinski definition) is 5. The standard InChI is InChI=1S/C17H21F2N3O4.ClH/c18-17(19)26-14-4-2-1-3-12(14)15(23)21-6-8-22(9-7-21)16(24)13-11-25-10-5-20-13;/h1-4,13,17,20H,5-11H2;1H. The summed E-state index contributed by atoms with van der Waals surface area (Å²) < 4.78 is 34.8. The number of alkyl halides is 2. The first-order chi connectivity index (χ1) is 12.6. The van der Waals surface area contributed by atoms with E-state index in [1.54, 1.807) is 15.9 Å². The molecule has 2 heterocycles. The first kappa shape index (κ1) is 21.3. The highest BCUT2D eigenvalue weighted by atomic mass is 35.5. The molecule has 1 atom stereocenters. The molecule has 0 aliphatic carbocycles. The fourth-order valence-corrected chi connectivity index (χ4v) is 3.09. The van der Waals surface area contributed by atoms with E-state index in [1.165, 1.54) is 18.2 Å². The second-order valence-corrected chi connectivity index (χ2v) is 6.07. The van der Waals surface area contributed by atoms with E-state index in [-0.39, 0.29) is 41.6 Å². The van der Waals surface area contributed by atoms with Gasteiger partial charge in [-0.3, -0.25) is 9.59 Å². The first-order valence-corrected chi connectivity index (χ1v) is 8.49. The molecule has 1 N–H and O–H groups in total. The molecule has 7 nitrogen and oxygen atoms in total. The molecule has 1 aromatic rings. The summed E-state index contributed by atoms with van der Waals surface area (Å²) in [5, 5.41) is 3.12. The van der Waals surface area contributed by atoms with Crippen molar-refractivity contribution < 1.29 is 27.8 Å². The SMILES string of the molecule is Cl.O=C(c1ccccc1OC(F)F)N1CCN(C(=O)C2COCCN2)CC1. The van der Waals surface area contributed by atoms with E-state index >= 15 is 0 Å². The Hall–Kier alpha value is -1.97. The predicted molar refractivity (Wildman–Crippen MR) is 95.4 cm³/mol. The molecule has 0 aromatic heterocycles. The number of piperazine rings is 1. The molecule has 10 heteroatoms. The van der Waals surface area contributed by atoms with Crippen LogP contribution in [-0.2, 0) is 9.53 Å². The Bertz CT molecular complexity index is 651. The minimum atomic E-state index is -3.00. The summed E-state index contributed by atoms with van der Waals surface area (Å²) in [6.07, 6.45) is 0. The maximum absolute atomic E-state index is 12.6. The number of amides is 2. The van der Waals surface area contributed by atoms with Crippen molar-refractivity contribution in [1.29, 1.82) is 0 Å². The molecule has 3 rings (SSSR count). The molecule has 150 valence electrons. The van der Waals surface area contributed by atoms with Gasteiger partial charge < -0.3 is 24.6 Å². The summed E-state index contributed by atoms with van der Waals surface area (Å²) in [5.41, 5.74) is 0.0925. The summed E-state index contributed by atoms with van der Waals surface area (Å²) in [6, 6.07) is 5.57. The fraction of sp³-hybridized carbons (Fsp3) is 0.529. The highest BCUT2D eigenvalue weighted by molar-refractivity contribution is 5.97. The highest BCUT2D eigenvalue weighted by Gasteiger charge is 2.31. The van der Waals surface area contributed by atoms with Crippen molar-refractivity contribution in [2.24, 2.45) is 0 Å². The third-order valence-electron chi connectivity index (χ3n) is 4.43. The Morgan fingerprint density at radius 1 is 1.15 bits per heavy atom. The van der Waals surface area contributed by atoms with Gasteiger partial charge in [-0.1, -0.05) is 12.1 Å². The van der Waals surface area contributed by atoms with Crippen LogP contribution in [0.25, 0.3) is 0 Å². The third kappa shape index (κ3) is 5.27. The Balaban J connectivity index is 0.00000261. The van der Waals surface area contributed by atoms with Crippen LogP contribution in [-0.4, -0.2) is 80.2 Å². The zero-order valence-corrected chi connectivity index (χ0v) is 15.4. The molecule has 27 heavy (non-hydrogen) atoms. The van der Waals surface area contributed by atoms with Crippen molar-refractivity contribution in [3.05, 3.63) is 29.8 Å².